The van der Waals surface area contributed by atoms with E-state index in [1.165, 1.54) is 6.07 Å². The average Bonchev–Trinajstić information content (AvgIpc) is 3.41. The number of nitrogens with one attached hydrogen (secondary N) is 2. The highest BCUT2D eigenvalue weighted by Gasteiger charge is 2.52. The van der Waals surface area contributed by atoms with Crippen LogP contribution in [0.15, 0.2) is 48.9 Å². The predicted octanol–water partition coefficient (Wildman–Crippen LogP) is 4.64. The van der Waals surface area contributed by atoms with Crippen molar-refractivity contribution in [3.8, 4) is 17.0 Å². The summed E-state index contributed by atoms with van der Waals surface area (Å²) in [4.78, 5) is 42.0. The van der Waals surface area contributed by atoms with Crippen LogP contribution in [0.3, 0.4) is 0 Å². The molecule has 1 aromatic carbocycles. The topological polar surface area (TPSA) is 140 Å². The molecule has 3 aliphatic rings. The number of piperazine rings is 1. The molecule has 240 valence electrons. The van der Waals surface area contributed by atoms with E-state index < -0.39 is 23.2 Å². The molecule has 4 N–H and O–H groups in total. The van der Waals surface area contributed by atoms with Crippen molar-refractivity contribution >= 4 is 29.0 Å². The van der Waals surface area contributed by atoms with E-state index in [1.54, 1.807) is 31.5 Å². The molecule has 2 saturated heterocycles. The number of carbonyl (C=O) groups excluding carboxylic acids is 2. The second kappa shape index (κ2) is 11.3. The number of piperidine rings is 1. The fourth-order valence-corrected chi connectivity index (χ4v) is 6.84. The SMILES string of the molecule is CCOc1cc(C(=O)Nc2cc(C(F)(F)F)ccn2)ccc1-c1nc([C@@H]2CC[C@H]3CNC4(CCC4)C(=O)N3C2)n2ccnc(N)c12. The van der Waals surface area contributed by atoms with E-state index in [0.29, 0.717) is 29.1 Å². The molecule has 1 spiro atoms. The lowest BCUT2D eigenvalue weighted by molar-refractivity contribution is -0.151. The molecule has 46 heavy (non-hydrogen) atoms. The molecule has 3 fully saturated rings. The van der Waals surface area contributed by atoms with Crippen LogP contribution in [-0.4, -0.2) is 67.3 Å². The second-order valence-electron chi connectivity index (χ2n) is 12.1. The first-order valence-corrected chi connectivity index (χ1v) is 15.4. The van der Waals surface area contributed by atoms with Gasteiger partial charge in [-0.3, -0.25) is 14.0 Å². The third-order valence-electron chi connectivity index (χ3n) is 9.36. The van der Waals surface area contributed by atoms with Gasteiger partial charge in [-0.25, -0.2) is 15.0 Å². The minimum atomic E-state index is -4.58. The molecule has 5 heterocycles. The van der Waals surface area contributed by atoms with Crippen molar-refractivity contribution in [2.24, 2.45) is 0 Å². The number of hydrogen-bond acceptors (Lipinski definition) is 8. The summed E-state index contributed by atoms with van der Waals surface area (Å²) in [5.74, 6) is 0.607. The Balaban J connectivity index is 1.22. The summed E-state index contributed by atoms with van der Waals surface area (Å²) in [7, 11) is 0. The number of halogens is 3. The molecule has 0 unspecified atom stereocenters. The van der Waals surface area contributed by atoms with Gasteiger partial charge in [-0.1, -0.05) is 0 Å². The number of fused-ring (bicyclic) bond motifs is 2. The summed E-state index contributed by atoms with van der Waals surface area (Å²) in [6, 6.07) is 6.50. The number of nitrogens with zero attached hydrogens (tertiary/aromatic N) is 5. The van der Waals surface area contributed by atoms with Gasteiger partial charge in [0.25, 0.3) is 5.91 Å². The van der Waals surface area contributed by atoms with E-state index in [2.05, 4.69) is 20.6 Å². The molecule has 1 saturated carbocycles. The number of aromatic nitrogens is 4. The van der Waals surface area contributed by atoms with E-state index in [1.807, 2.05) is 9.30 Å². The van der Waals surface area contributed by atoms with E-state index in [9.17, 15) is 22.8 Å². The largest absolute Gasteiger partial charge is 0.493 e. The Bertz CT molecular complexity index is 1840. The fraction of sp³-hybridized carbons (Fsp3) is 0.406. The van der Waals surface area contributed by atoms with E-state index in [4.69, 9.17) is 15.5 Å². The van der Waals surface area contributed by atoms with Gasteiger partial charge in [0.2, 0.25) is 5.91 Å². The Hall–Kier alpha value is -4.72. The van der Waals surface area contributed by atoms with Gasteiger partial charge in [0.15, 0.2) is 0 Å². The monoisotopic (exact) mass is 634 g/mol. The summed E-state index contributed by atoms with van der Waals surface area (Å²) >= 11 is 0. The van der Waals surface area contributed by atoms with Gasteiger partial charge in [0.05, 0.1) is 17.7 Å². The first-order chi connectivity index (χ1) is 22.1. The smallest absolute Gasteiger partial charge is 0.416 e. The lowest BCUT2D eigenvalue weighted by atomic mass is 9.72. The van der Waals surface area contributed by atoms with Crippen LogP contribution < -0.4 is 21.1 Å². The van der Waals surface area contributed by atoms with Crippen LogP contribution in [0.25, 0.3) is 16.8 Å². The summed E-state index contributed by atoms with van der Waals surface area (Å²) in [6.07, 6.45) is 4.29. The fourth-order valence-electron chi connectivity index (χ4n) is 6.84. The van der Waals surface area contributed by atoms with Crippen LogP contribution in [-0.2, 0) is 11.0 Å². The zero-order valence-electron chi connectivity index (χ0n) is 25.1. The van der Waals surface area contributed by atoms with Crippen molar-refractivity contribution in [3.63, 3.8) is 0 Å². The number of nitrogens with two attached hydrogens (primary N) is 1. The molecule has 0 bridgehead atoms. The van der Waals surface area contributed by atoms with E-state index >= 15 is 0 Å². The molecule has 2 atom stereocenters. The van der Waals surface area contributed by atoms with Crippen LogP contribution in [0.2, 0.25) is 0 Å². The molecule has 1 aliphatic carbocycles. The average molecular weight is 635 g/mol. The number of hydrogen-bond donors (Lipinski definition) is 3. The third kappa shape index (κ3) is 5.10. The molecule has 2 aliphatic heterocycles. The van der Waals surface area contributed by atoms with Crippen LogP contribution >= 0.6 is 0 Å². The Kier molecular flexibility index (Phi) is 7.34. The molecule has 14 heteroatoms. The highest BCUT2D eigenvalue weighted by Crippen LogP contribution is 2.42. The number of imidazole rings is 1. The first kappa shape index (κ1) is 30.0. The summed E-state index contributed by atoms with van der Waals surface area (Å²) < 4.78 is 47.4. The number of benzene rings is 1. The van der Waals surface area contributed by atoms with Crippen LogP contribution in [0.1, 0.15) is 66.7 Å². The van der Waals surface area contributed by atoms with Crippen LogP contribution in [0.5, 0.6) is 5.75 Å². The van der Waals surface area contributed by atoms with Gasteiger partial charge in [-0.2, -0.15) is 13.2 Å². The lowest BCUT2D eigenvalue weighted by Gasteiger charge is -2.53. The van der Waals surface area contributed by atoms with E-state index in [-0.39, 0.29) is 41.7 Å². The number of amides is 2. The maximum absolute atomic E-state index is 13.6. The Morgan fingerprint density at radius 1 is 1.17 bits per heavy atom. The molecule has 7 rings (SSSR count). The summed E-state index contributed by atoms with van der Waals surface area (Å²) in [6.45, 7) is 3.42. The third-order valence-corrected chi connectivity index (χ3v) is 9.36. The Morgan fingerprint density at radius 3 is 2.74 bits per heavy atom. The molecular weight excluding hydrogens is 601 g/mol. The molecule has 4 aromatic rings. The molecule has 0 radical (unpaired) electrons. The van der Waals surface area contributed by atoms with Crippen LogP contribution in [0.4, 0.5) is 24.8 Å². The van der Waals surface area contributed by atoms with Crippen molar-refractivity contribution in [1.82, 2.24) is 29.6 Å². The number of nitrogen functional groups attached to an aromatic ring is 1. The van der Waals surface area contributed by atoms with Gasteiger partial charge < -0.3 is 26.0 Å². The lowest BCUT2D eigenvalue weighted by Crippen LogP contribution is -2.71. The number of pyridine rings is 1. The van der Waals surface area contributed by atoms with Crippen LogP contribution in [0, 0.1) is 0 Å². The zero-order chi connectivity index (χ0) is 32.2. The molecule has 11 nitrogen and oxygen atoms in total. The summed E-state index contributed by atoms with van der Waals surface area (Å²) in [5.41, 5.74) is 6.89. The zero-order valence-corrected chi connectivity index (χ0v) is 25.1. The predicted molar refractivity (Wildman–Crippen MR) is 163 cm³/mol. The first-order valence-electron chi connectivity index (χ1n) is 15.4. The number of anilines is 2. The van der Waals surface area contributed by atoms with Gasteiger partial charge in [0.1, 0.15) is 34.4 Å². The maximum Gasteiger partial charge on any atom is 0.416 e. The minimum absolute atomic E-state index is 0.0426. The number of alkyl halides is 3. The van der Waals surface area contributed by atoms with Gasteiger partial charge in [-0.15, -0.1) is 0 Å². The van der Waals surface area contributed by atoms with Crippen molar-refractivity contribution in [2.45, 2.75) is 62.7 Å². The number of rotatable bonds is 6. The highest BCUT2D eigenvalue weighted by molar-refractivity contribution is 6.04. The normalized spacial score (nSPS) is 20.8. The number of carbonyl (C=O) groups is 2. The van der Waals surface area contributed by atoms with Crippen molar-refractivity contribution in [1.29, 1.82) is 0 Å². The summed E-state index contributed by atoms with van der Waals surface area (Å²) in [5, 5.41) is 5.96. The van der Waals surface area contributed by atoms with E-state index in [0.717, 1.165) is 62.8 Å². The maximum atomic E-state index is 13.6. The van der Waals surface area contributed by atoms with Crippen molar-refractivity contribution < 1.29 is 27.5 Å². The van der Waals surface area contributed by atoms with Gasteiger partial charge in [-0.05, 0) is 69.4 Å². The second-order valence-corrected chi connectivity index (χ2v) is 12.1. The Labute approximate surface area is 262 Å². The molecular formula is C32H33F3N8O3. The van der Waals surface area contributed by atoms with Crippen molar-refractivity contribution in [3.05, 3.63) is 65.9 Å². The highest BCUT2D eigenvalue weighted by atomic mass is 19.4. The van der Waals surface area contributed by atoms with Gasteiger partial charge in [0, 0.05) is 54.8 Å². The minimum Gasteiger partial charge on any atom is -0.493 e. The molecule has 3 aromatic heterocycles. The van der Waals surface area contributed by atoms with Crippen molar-refractivity contribution in [2.75, 3.05) is 30.7 Å². The molecule has 2 amide bonds. The Morgan fingerprint density at radius 2 is 2.00 bits per heavy atom. The standard InChI is InChI=1S/C32H33F3N8O3/c1-2-46-23-14-18(29(44)40-24-15-20(8-11-37-24)32(33,34)35)5-7-22(23)25-26-27(36)38-12-13-42(26)28(41-25)19-4-6-21-16-39-31(9-3-10-31)30(45)43(21)17-19/h5,7-8,11-15,19,21,39H,2-4,6,9-10,16-17H2,1H3,(H2,36,38)(H,37,40,44)/t19-,21+/m1/s1. The van der Waals surface area contributed by atoms with Gasteiger partial charge >= 0.3 is 6.18 Å². The quantitative estimate of drug-likeness (QED) is 0.279. The number of ether oxygens (including phenoxy) is 1.